The van der Waals surface area contributed by atoms with Gasteiger partial charge in [-0.3, -0.25) is 4.21 Å². The highest BCUT2D eigenvalue weighted by atomic mass is 32.2. The summed E-state index contributed by atoms with van der Waals surface area (Å²) >= 11 is 0. The van der Waals surface area contributed by atoms with Crippen molar-refractivity contribution >= 4 is 16.5 Å². The third kappa shape index (κ3) is 3.12. The number of nitrogen functional groups attached to an aromatic ring is 1. The van der Waals surface area contributed by atoms with E-state index < -0.39 is 10.8 Å². The molecule has 1 unspecified atom stereocenters. The Morgan fingerprint density at radius 3 is 2.74 bits per heavy atom. The van der Waals surface area contributed by atoms with Crippen LogP contribution in [-0.2, 0) is 16.6 Å². The zero-order chi connectivity index (χ0) is 13.8. The molecule has 1 heterocycles. The molecule has 2 aromatic rings. The summed E-state index contributed by atoms with van der Waals surface area (Å²) in [5.74, 6) is 0.844. The van der Waals surface area contributed by atoms with E-state index >= 15 is 0 Å². The van der Waals surface area contributed by atoms with Gasteiger partial charge in [0, 0.05) is 6.07 Å². The van der Waals surface area contributed by atoms with Crippen LogP contribution in [0.2, 0.25) is 0 Å². The lowest BCUT2D eigenvalue weighted by molar-refractivity contribution is 0.397. The molecule has 0 fully saturated rings. The van der Waals surface area contributed by atoms with Crippen molar-refractivity contribution in [3.05, 3.63) is 47.7 Å². The molecule has 0 bridgehead atoms. The zero-order valence-electron chi connectivity index (χ0n) is 10.9. The van der Waals surface area contributed by atoms with Crippen LogP contribution < -0.4 is 10.5 Å². The summed E-state index contributed by atoms with van der Waals surface area (Å²) in [4.78, 5) is 4.91. The molecule has 0 radical (unpaired) electrons. The number of benzene rings is 1. The van der Waals surface area contributed by atoms with Gasteiger partial charge in [-0.1, -0.05) is 18.2 Å². The van der Waals surface area contributed by atoms with Crippen molar-refractivity contribution in [2.45, 2.75) is 17.6 Å². The molecule has 2 N–H and O–H groups in total. The summed E-state index contributed by atoms with van der Waals surface area (Å²) in [5, 5.41) is 0. The topological polar surface area (TPSA) is 65.2 Å². The molecular formula is C14H16N2O2S. The molecule has 0 saturated heterocycles. The maximum atomic E-state index is 12.3. The normalized spacial score (nSPS) is 12.1. The smallest absolute Gasteiger partial charge is 0.213 e. The number of pyridine rings is 1. The van der Waals surface area contributed by atoms with Gasteiger partial charge in [0.15, 0.2) is 0 Å². The van der Waals surface area contributed by atoms with Gasteiger partial charge in [-0.25, -0.2) is 4.98 Å². The summed E-state index contributed by atoms with van der Waals surface area (Å²) in [6.07, 6.45) is 0. The molecule has 0 aliphatic heterocycles. The largest absolute Gasteiger partial charge is 0.481 e. The minimum absolute atomic E-state index is 0.324. The Morgan fingerprint density at radius 1 is 1.26 bits per heavy atom. The molecule has 0 aliphatic carbocycles. The molecule has 100 valence electrons. The van der Waals surface area contributed by atoms with Crippen molar-refractivity contribution in [2.75, 3.05) is 12.8 Å². The van der Waals surface area contributed by atoms with Crippen molar-refractivity contribution in [3.63, 3.8) is 0 Å². The van der Waals surface area contributed by atoms with Gasteiger partial charge in [0.1, 0.15) is 0 Å². The molecule has 2 rings (SSSR count). The van der Waals surface area contributed by atoms with Crippen LogP contribution in [0.1, 0.15) is 11.3 Å². The fourth-order valence-corrected chi connectivity index (χ4v) is 2.94. The van der Waals surface area contributed by atoms with E-state index in [2.05, 4.69) is 4.98 Å². The maximum absolute atomic E-state index is 12.3. The SMILES string of the molecule is COc1cccc(CS(=O)c2cccc(C)c2N)n1. The van der Waals surface area contributed by atoms with E-state index in [0.717, 1.165) is 11.3 Å². The third-order valence-corrected chi connectivity index (χ3v) is 4.20. The molecule has 0 saturated carbocycles. The van der Waals surface area contributed by atoms with Crippen LogP contribution >= 0.6 is 0 Å². The number of aryl methyl sites for hydroxylation is 1. The summed E-state index contributed by atoms with van der Waals surface area (Å²) < 4.78 is 17.4. The Morgan fingerprint density at radius 2 is 2.00 bits per heavy atom. The Balaban J connectivity index is 2.23. The number of hydrogen-bond acceptors (Lipinski definition) is 4. The van der Waals surface area contributed by atoms with Crippen molar-refractivity contribution in [3.8, 4) is 5.88 Å². The standard InChI is InChI=1S/C14H16N2O2S/c1-10-5-3-7-12(14(10)15)19(17)9-11-6-4-8-13(16-11)18-2/h3-8H,9,15H2,1-2H3. The number of para-hydroxylation sites is 1. The minimum atomic E-state index is -1.21. The van der Waals surface area contributed by atoms with E-state index in [9.17, 15) is 4.21 Å². The predicted octanol–water partition coefficient (Wildman–Crippen LogP) is 2.29. The molecule has 4 nitrogen and oxygen atoms in total. The molecule has 0 aliphatic rings. The van der Waals surface area contributed by atoms with Crippen molar-refractivity contribution in [2.24, 2.45) is 0 Å². The minimum Gasteiger partial charge on any atom is -0.481 e. The highest BCUT2D eigenvalue weighted by molar-refractivity contribution is 7.84. The van der Waals surface area contributed by atoms with Crippen LogP contribution in [0.5, 0.6) is 5.88 Å². The van der Waals surface area contributed by atoms with Crippen LogP contribution in [-0.4, -0.2) is 16.3 Å². The van der Waals surface area contributed by atoms with Gasteiger partial charge in [0.25, 0.3) is 0 Å². The van der Waals surface area contributed by atoms with Gasteiger partial charge in [-0.05, 0) is 24.6 Å². The first-order valence-corrected chi connectivity index (χ1v) is 7.17. The Bertz CT molecular complexity index is 614. The molecule has 0 amide bonds. The van der Waals surface area contributed by atoms with Gasteiger partial charge in [0.2, 0.25) is 5.88 Å². The van der Waals surface area contributed by atoms with Crippen LogP contribution in [0.15, 0.2) is 41.3 Å². The third-order valence-electron chi connectivity index (χ3n) is 2.80. The monoisotopic (exact) mass is 276 g/mol. The van der Waals surface area contributed by atoms with E-state index in [0.29, 0.717) is 22.2 Å². The Kier molecular flexibility index (Phi) is 4.16. The Labute approximate surface area is 115 Å². The number of rotatable bonds is 4. The number of anilines is 1. The quantitative estimate of drug-likeness (QED) is 0.870. The lowest BCUT2D eigenvalue weighted by atomic mass is 10.2. The second kappa shape index (κ2) is 5.84. The highest BCUT2D eigenvalue weighted by Gasteiger charge is 2.11. The van der Waals surface area contributed by atoms with Gasteiger partial charge in [0.05, 0.1) is 39.9 Å². The molecule has 1 atom stereocenters. The van der Waals surface area contributed by atoms with E-state index in [1.165, 1.54) is 0 Å². The predicted molar refractivity (Wildman–Crippen MR) is 76.5 cm³/mol. The number of nitrogens with two attached hydrogens (primary N) is 1. The first kappa shape index (κ1) is 13.5. The second-order valence-corrected chi connectivity index (χ2v) is 5.57. The van der Waals surface area contributed by atoms with Gasteiger partial charge < -0.3 is 10.5 Å². The van der Waals surface area contributed by atoms with E-state index in [1.807, 2.05) is 31.2 Å². The highest BCUT2D eigenvalue weighted by Crippen LogP contribution is 2.22. The lowest BCUT2D eigenvalue weighted by Gasteiger charge is -2.08. The summed E-state index contributed by atoms with van der Waals surface area (Å²) in [6.45, 7) is 1.90. The fourth-order valence-electron chi connectivity index (χ4n) is 1.72. The summed E-state index contributed by atoms with van der Waals surface area (Å²) in [5.41, 5.74) is 8.20. The molecule has 1 aromatic carbocycles. The molecule has 19 heavy (non-hydrogen) atoms. The van der Waals surface area contributed by atoms with Crippen LogP contribution in [0.25, 0.3) is 0 Å². The second-order valence-electron chi connectivity index (χ2n) is 4.15. The maximum Gasteiger partial charge on any atom is 0.213 e. The number of aromatic nitrogens is 1. The molecular weight excluding hydrogens is 260 g/mol. The van der Waals surface area contributed by atoms with Crippen molar-refractivity contribution in [1.29, 1.82) is 0 Å². The fraction of sp³-hybridized carbons (Fsp3) is 0.214. The van der Waals surface area contributed by atoms with Crippen molar-refractivity contribution in [1.82, 2.24) is 4.98 Å². The Hall–Kier alpha value is -1.88. The van der Waals surface area contributed by atoms with Crippen LogP contribution in [0, 0.1) is 6.92 Å². The van der Waals surface area contributed by atoms with Crippen LogP contribution in [0.4, 0.5) is 5.69 Å². The average Bonchev–Trinajstić information content (AvgIpc) is 2.42. The van der Waals surface area contributed by atoms with E-state index in [-0.39, 0.29) is 0 Å². The first-order chi connectivity index (χ1) is 9.11. The number of ether oxygens (including phenoxy) is 1. The van der Waals surface area contributed by atoms with Crippen LogP contribution in [0.3, 0.4) is 0 Å². The van der Waals surface area contributed by atoms with Crippen molar-refractivity contribution < 1.29 is 8.95 Å². The number of nitrogens with zero attached hydrogens (tertiary/aromatic N) is 1. The summed E-state index contributed by atoms with van der Waals surface area (Å²) in [7, 11) is 0.348. The molecule has 0 spiro atoms. The molecule has 1 aromatic heterocycles. The zero-order valence-corrected chi connectivity index (χ0v) is 11.7. The summed E-state index contributed by atoms with van der Waals surface area (Å²) in [6, 6.07) is 11.0. The average molecular weight is 276 g/mol. The van der Waals surface area contributed by atoms with E-state index in [4.69, 9.17) is 10.5 Å². The number of hydrogen-bond donors (Lipinski definition) is 1. The van der Waals surface area contributed by atoms with Gasteiger partial charge in [-0.2, -0.15) is 0 Å². The van der Waals surface area contributed by atoms with E-state index in [1.54, 1.807) is 19.2 Å². The van der Waals surface area contributed by atoms with Gasteiger partial charge >= 0.3 is 0 Å². The number of methoxy groups -OCH3 is 1. The lowest BCUT2D eigenvalue weighted by Crippen LogP contribution is -2.04. The molecule has 5 heteroatoms. The van der Waals surface area contributed by atoms with Gasteiger partial charge in [-0.15, -0.1) is 0 Å². The first-order valence-electron chi connectivity index (χ1n) is 5.85.